The Morgan fingerprint density at radius 1 is 1.32 bits per heavy atom. The van der Waals surface area contributed by atoms with Gasteiger partial charge in [-0.15, -0.1) is 0 Å². The molecule has 2 rings (SSSR count). The first kappa shape index (κ1) is 12.9. The van der Waals surface area contributed by atoms with Crippen LogP contribution in [-0.2, 0) is 6.18 Å². The third kappa shape index (κ3) is 2.67. The second kappa shape index (κ2) is 4.63. The summed E-state index contributed by atoms with van der Waals surface area (Å²) in [6.07, 6.45) is -3.41. The normalized spacial score (nSPS) is 11.3. The molecule has 5 nitrogen and oxygen atoms in total. The number of carbonyl (C=O) groups excluding carboxylic acids is 1. The van der Waals surface area contributed by atoms with Gasteiger partial charge in [-0.1, -0.05) is 12.1 Å². The zero-order valence-electron chi connectivity index (χ0n) is 9.45. The number of benzene rings is 1. The van der Waals surface area contributed by atoms with E-state index in [1.54, 1.807) is 0 Å². The van der Waals surface area contributed by atoms with E-state index in [9.17, 15) is 18.0 Å². The van der Waals surface area contributed by atoms with Crippen molar-refractivity contribution in [1.82, 2.24) is 10.2 Å². The molecule has 0 saturated heterocycles. The van der Waals surface area contributed by atoms with Gasteiger partial charge in [0.25, 0.3) is 5.91 Å². The van der Waals surface area contributed by atoms with Gasteiger partial charge < -0.3 is 11.1 Å². The first-order chi connectivity index (χ1) is 8.89. The molecule has 0 aliphatic carbocycles. The molecule has 0 unspecified atom stereocenters. The van der Waals surface area contributed by atoms with Gasteiger partial charge in [0.2, 0.25) is 0 Å². The Hall–Kier alpha value is -2.51. The van der Waals surface area contributed by atoms with Gasteiger partial charge in [-0.3, -0.25) is 9.89 Å². The molecule has 4 N–H and O–H groups in total. The van der Waals surface area contributed by atoms with Crippen molar-refractivity contribution in [3.05, 3.63) is 41.6 Å². The smallest absolute Gasteiger partial charge is 0.383 e. The Bertz CT molecular complexity index is 606. The SMILES string of the molecule is Nc1[nH]ncc1C(=O)Nc1ccccc1C(F)(F)F. The first-order valence-electron chi connectivity index (χ1n) is 5.16. The number of rotatable bonds is 2. The van der Waals surface area contributed by atoms with Crippen LogP contribution in [0.2, 0.25) is 0 Å². The maximum Gasteiger partial charge on any atom is 0.418 e. The number of nitrogens with zero attached hydrogens (tertiary/aromatic N) is 1. The third-order valence-electron chi connectivity index (χ3n) is 2.39. The Labute approximate surface area is 105 Å². The van der Waals surface area contributed by atoms with Gasteiger partial charge in [0.1, 0.15) is 11.4 Å². The Kier molecular flexibility index (Phi) is 3.16. The van der Waals surface area contributed by atoms with Crippen molar-refractivity contribution < 1.29 is 18.0 Å². The van der Waals surface area contributed by atoms with Crippen LogP contribution in [0.5, 0.6) is 0 Å². The molecular formula is C11H9F3N4O. The Balaban J connectivity index is 2.30. The summed E-state index contributed by atoms with van der Waals surface area (Å²) in [6.45, 7) is 0. The van der Waals surface area contributed by atoms with Crippen molar-refractivity contribution in [2.24, 2.45) is 0 Å². The van der Waals surface area contributed by atoms with Crippen molar-refractivity contribution in [2.75, 3.05) is 11.1 Å². The highest BCUT2D eigenvalue weighted by Gasteiger charge is 2.33. The van der Waals surface area contributed by atoms with Gasteiger partial charge in [-0.2, -0.15) is 18.3 Å². The predicted octanol–water partition coefficient (Wildman–Crippen LogP) is 2.26. The second-order valence-corrected chi connectivity index (χ2v) is 3.69. The second-order valence-electron chi connectivity index (χ2n) is 3.69. The molecule has 0 saturated carbocycles. The van der Waals surface area contributed by atoms with E-state index < -0.39 is 17.6 Å². The minimum atomic E-state index is -4.55. The third-order valence-corrected chi connectivity index (χ3v) is 2.39. The lowest BCUT2D eigenvalue weighted by Crippen LogP contribution is -2.17. The molecule has 1 heterocycles. The fourth-order valence-corrected chi connectivity index (χ4v) is 1.51. The molecule has 0 aliphatic rings. The number of amides is 1. The summed E-state index contributed by atoms with van der Waals surface area (Å²) in [7, 11) is 0. The number of nitrogens with two attached hydrogens (primary N) is 1. The summed E-state index contributed by atoms with van der Waals surface area (Å²) < 4.78 is 38.2. The molecule has 0 fully saturated rings. The van der Waals surface area contributed by atoms with Crippen LogP contribution in [0.4, 0.5) is 24.7 Å². The molecule has 0 spiro atoms. The lowest BCUT2D eigenvalue weighted by atomic mass is 10.1. The average Bonchev–Trinajstić information content (AvgIpc) is 2.75. The summed E-state index contributed by atoms with van der Waals surface area (Å²) in [5.41, 5.74) is 4.14. The van der Waals surface area contributed by atoms with Gasteiger partial charge in [-0.25, -0.2) is 0 Å². The van der Waals surface area contributed by atoms with E-state index >= 15 is 0 Å². The molecule has 2 aromatic rings. The van der Waals surface area contributed by atoms with Gasteiger partial charge in [0, 0.05) is 0 Å². The van der Waals surface area contributed by atoms with E-state index in [2.05, 4.69) is 15.5 Å². The standard InChI is InChI=1S/C11H9F3N4O/c12-11(13,14)7-3-1-2-4-8(7)17-10(19)6-5-16-18-9(6)15/h1-5H,(H,17,19)(H3,15,16,18). The summed E-state index contributed by atoms with van der Waals surface area (Å²) in [5, 5.41) is 8.01. The predicted molar refractivity (Wildman–Crippen MR) is 62.4 cm³/mol. The molecule has 1 amide bonds. The number of H-pyrrole nitrogens is 1. The van der Waals surface area contributed by atoms with Crippen LogP contribution in [-0.4, -0.2) is 16.1 Å². The fourth-order valence-electron chi connectivity index (χ4n) is 1.51. The highest BCUT2D eigenvalue weighted by atomic mass is 19.4. The van der Waals surface area contributed by atoms with Crippen LogP contribution < -0.4 is 11.1 Å². The summed E-state index contributed by atoms with van der Waals surface area (Å²) in [5.74, 6) is -0.773. The molecule has 8 heteroatoms. The molecule has 0 bridgehead atoms. The summed E-state index contributed by atoms with van der Waals surface area (Å²) >= 11 is 0. The first-order valence-corrected chi connectivity index (χ1v) is 5.16. The highest BCUT2D eigenvalue weighted by Crippen LogP contribution is 2.34. The Morgan fingerprint density at radius 3 is 2.58 bits per heavy atom. The van der Waals surface area contributed by atoms with Gasteiger partial charge in [-0.05, 0) is 12.1 Å². The van der Waals surface area contributed by atoms with E-state index in [4.69, 9.17) is 5.73 Å². The van der Waals surface area contributed by atoms with Gasteiger partial charge >= 0.3 is 6.18 Å². The molecule has 19 heavy (non-hydrogen) atoms. The van der Waals surface area contributed by atoms with Gasteiger partial charge in [0.05, 0.1) is 17.4 Å². The number of alkyl halides is 3. The maximum absolute atomic E-state index is 12.7. The zero-order chi connectivity index (χ0) is 14.0. The number of hydrogen-bond acceptors (Lipinski definition) is 3. The van der Waals surface area contributed by atoms with Gasteiger partial charge in [0.15, 0.2) is 0 Å². The van der Waals surface area contributed by atoms with Crippen LogP contribution in [0.1, 0.15) is 15.9 Å². The number of halogens is 3. The number of hydrogen-bond donors (Lipinski definition) is 3. The monoisotopic (exact) mass is 270 g/mol. The number of para-hydroxylation sites is 1. The molecule has 0 atom stereocenters. The fraction of sp³-hybridized carbons (Fsp3) is 0.0909. The largest absolute Gasteiger partial charge is 0.418 e. The molecule has 1 aromatic heterocycles. The van der Waals surface area contributed by atoms with Crippen molar-refractivity contribution in [2.45, 2.75) is 6.18 Å². The number of aromatic amines is 1. The summed E-state index contributed by atoms with van der Waals surface area (Å²) in [4.78, 5) is 11.8. The minimum Gasteiger partial charge on any atom is -0.383 e. The Morgan fingerprint density at radius 2 is 2.00 bits per heavy atom. The minimum absolute atomic E-state index is 0.0120. The molecule has 100 valence electrons. The average molecular weight is 270 g/mol. The van der Waals surface area contributed by atoms with Crippen LogP contribution in [0.3, 0.4) is 0 Å². The molecule has 0 aliphatic heterocycles. The molecule has 1 aromatic carbocycles. The van der Waals surface area contributed by atoms with E-state index in [1.165, 1.54) is 12.1 Å². The van der Waals surface area contributed by atoms with E-state index in [0.717, 1.165) is 18.3 Å². The maximum atomic E-state index is 12.7. The lowest BCUT2D eigenvalue weighted by Gasteiger charge is -2.13. The quantitative estimate of drug-likeness (QED) is 0.782. The van der Waals surface area contributed by atoms with Crippen molar-refractivity contribution >= 4 is 17.4 Å². The van der Waals surface area contributed by atoms with Crippen LogP contribution in [0.15, 0.2) is 30.5 Å². The number of nitrogen functional groups attached to an aromatic ring is 1. The molecular weight excluding hydrogens is 261 g/mol. The molecule has 0 radical (unpaired) electrons. The van der Waals surface area contributed by atoms with Crippen molar-refractivity contribution in [3.63, 3.8) is 0 Å². The number of anilines is 2. The van der Waals surface area contributed by atoms with Crippen LogP contribution in [0, 0.1) is 0 Å². The highest BCUT2D eigenvalue weighted by molar-refractivity contribution is 6.07. The van der Waals surface area contributed by atoms with Crippen molar-refractivity contribution in [1.29, 1.82) is 0 Å². The number of aromatic nitrogens is 2. The topological polar surface area (TPSA) is 83.8 Å². The van der Waals surface area contributed by atoms with E-state index in [1.807, 2.05) is 0 Å². The van der Waals surface area contributed by atoms with E-state index in [0.29, 0.717) is 0 Å². The van der Waals surface area contributed by atoms with Crippen LogP contribution >= 0.6 is 0 Å². The van der Waals surface area contributed by atoms with E-state index in [-0.39, 0.29) is 17.1 Å². The summed E-state index contributed by atoms with van der Waals surface area (Å²) in [6, 6.07) is 4.68. The zero-order valence-corrected chi connectivity index (χ0v) is 9.45. The van der Waals surface area contributed by atoms with Crippen LogP contribution in [0.25, 0.3) is 0 Å². The van der Waals surface area contributed by atoms with Crippen molar-refractivity contribution in [3.8, 4) is 0 Å². The number of carbonyl (C=O) groups is 1. The lowest BCUT2D eigenvalue weighted by molar-refractivity contribution is -0.136. The number of nitrogens with one attached hydrogen (secondary N) is 2.